The standard InChI is InChI=1S/C15H33NO3Si/c1-13(2,3)19-12(17)16-15(7,8)11-18-20(9,10)14(4,5)6/h11H2,1-10H3,(H,16,17). The molecule has 0 aliphatic heterocycles. The molecule has 0 fully saturated rings. The number of carbonyl (C=O) groups is 1. The lowest BCUT2D eigenvalue weighted by Crippen LogP contribution is -2.52. The van der Waals surface area contributed by atoms with Crippen LogP contribution >= 0.6 is 0 Å². The first-order chi connectivity index (χ1) is 8.56. The number of rotatable bonds is 4. The van der Waals surface area contributed by atoms with Gasteiger partial charge in [-0.15, -0.1) is 0 Å². The van der Waals surface area contributed by atoms with E-state index in [4.69, 9.17) is 9.16 Å². The van der Waals surface area contributed by atoms with Gasteiger partial charge in [0.25, 0.3) is 0 Å². The molecule has 0 aliphatic carbocycles. The van der Waals surface area contributed by atoms with E-state index in [9.17, 15) is 4.79 Å². The Hall–Kier alpha value is -0.553. The molecule has 4 nitrogen and oxygen atoms in total. The third-order valence-corrected chi connectivity index (χ3v) is 7.92. The van der Waals surface area contributed by atoms with Gasteiger partial charge in [0, 0.05) is 0 Å². The molecule has 1 N–H and O–H groups in total. The van der Waals surface area contributed by atoms with E-state index in [2.05, 4.69) is 39.2 Å². The van der Waals surface area contributed by atoms with Gasteiger partial charge >= 0.3 is 6.09 Å². The molecule has 0 rings (SSSR count). The van der Waals surface area contributed by atoms with Crippen molar-refractivity contribution in [1.82, 2.24) is 5.32 Å². The first-order valence-corrected chi connectivity index (χ1v) is 10.1. The second kappa shape index (κ2) is 6.06. The molecule has 0 unspecified atom stereocenters. The highest BCUT2D eigenvalue weighted by Gasteiger charge is 2.38. The third kappa shape index (κ3) is 7.29. The molecule has 0 spiro atoms. The Kier molecular flexibility index (Phi) is 5.89. The van der Waals surface area contributed by atoms with Crippen LogP contribution in [0.15, 0.2) is 0 Å². The van der Waals surface area contributed by atoms with Crippen LogP contribution in [0.2, 0.25) is 18.1 Å². The Balaban J connectivity index is 4.51. The highest BCUT2D eigenvalue weighted by atomic mass is 28.4. The molecule has 0 atom stereocenters. The van der Waals surface area contributed by atoms with Gasteiger partial charge in [-0.05, 0) is 52.8 Å². The van der Waals surface area contributed by atoms with E-state index in [1.165, 1.54) is 0 Å². The van der Waals surface area contributed by atoms with Gasteiger partial charge in [-0.3, -0.25) is 0 Å². The summed E-state index contributed by atoms with van der Waals surface area (Å²) in [5.41, 5.74) is -0.932. The summed E-state index contributed by atoms with van der Waals surface area (Å²) in [6, 6.07) is 0. The van der Waals surface area contributed by atoms with E-state index in [-0.39, 0.29) is 5.04 Å². The Bertz CT molecular complexity index is 338. The van der Waals surface area contributed by atoms with Crippen molar-refractivity contribution < 1.29 is 14.0 Å². The van der Waals surface area contributed by atoms with Crippen LogP contribution in [-0.4, -0.2) is 32.2 Å². The fourth-order valence-corrected chi connectivity index (χ4v) is 2.35. The van der Waals surface area contributed by atoms with Gasteiger partial charge in [-0.2, -0.15) is 0 Å². The zero-order valence-electron chi connectivity index (χ0n) is 14.9. The summed E-state index contributed by atoms with van der Waals surface area (Å²) in [6.45, 7) is 21.0. The van der Waals surface area contributed by atoms with E-state index in [1.54, 1.807) is 0 Å². The number of nitrogens with one attached hydrogen (secondary N) is 1. The number of alkyl carbamates (subject to hydrolysis) is 1. The van der Waals surface area contributed by atoms with E-state index in [0.717, 1.165) is 0 Å². The second-order valence-electron chi connectivity index (χ2n) is 8.56. The minimum absolute atomic E-state index is 0.162. The van der Waals surface area contributed by atoms with Crippen LogP contribution in [0, 0.1) is 0 Å². The van der Waals surface area contributed by atoms with E-state index in [1.807, 2.05) is 34.6 Å². The lowest BCUT2D eigenvalue weighted by atomic mass is 10.1. The van der Waals surface area contributed by atoms with Gasteiger partial charge in [0.2, 0.25) is 0 Å². The zero-order valence-corrected chi connectivity index (χ0v) is 15.9. The molecule has 1 amide bonds. The fourth-order valence-electron chi connectivity index (χ4n) is 1.19. The second-order valence-corrected chi connectivity index (χ2v) is 13.4. The minimum Gasteiger partial charge on any atom is -0.444 e. The van der Waals surface area contributed by atoms with E-state index < -0.39 is 25.6 Å². The summed E-state index contributed by atoms with van der Waals surface area (Å²) >= 11 is 0. The zero-order chi connectivity index (χ0) is 16.4. The summed E-state index contributed by atoms with van der Waals surface area (Å²) in [6.07, 6.45) is -0.402. The van der Waals surface area contributed by atoms with E-state index in [0.29, 0.717) is 6.61 Å². The molecule has 0 aromatic carbocycles. The van der Waals surface area contributed by atoms with Crippen molar-refractivity contribution in [2.45, 2.75) is 84.7 Å². The predicted octanol–water partition coefficient (Wildman–Crippen LogP) is 4.31. The molecule has 0 saturated heterocycles. The maximum absolute atomic E-state index is 11.8. The summed E-state index contributed by atoms with van der Waals surface area (Å²) in [5.74, 6) is 0. The maximum Gasteiger partial charge on any atom is 0.408 e. The summed E-state index contributed by atoms with van der Waals surface area (Å²) in [7, 11) is -1.80. The minimum atomic E-state index is -1.80. The van der Waals surface area contributed by atoms with Crippen LogP contribution in [0.3, 0.4) is 0 Å². The summed E-state index contributed by atoms with van der Waals surface area (Å²) in [5, 5.41) is 3.03. The summed E-state index contributed by atoms with van der Waals surface area (Å²) < 4.78 is 11.4. The van der Waals surface area contributed by atoms with Crippen LogP contribution in [0.25, 0.3) is 0 Å². The number of ether oxygens (including phenoxy) is 1. The number of carbonyl (C=O) groups excluding carboxylic acids is 1. The van der Waals surface area contributed by atoms with E-state index >= 15 is 0 Å². The van der Waals surface area contributed by atoms with Crippen molar-refractivity contribution >= 4 is 14.4 Å². The van der Waals surface area contributed by atoms with Crippen molar-refractivity contribution in [3.63, 3.8) is 0 Å². The first kappa shape index (κ1) is 19.4. The lowest BCUT2D eigenvalue weighted by Gasteiger charge is -2.39. The largest absolute Gasteiger partial charge is 0.444 e. The fraction of sp³-hybridized carbons (Fsp3) is 0.933. The Morgan fingerprint density at radius 3 is 1.80 bits per heavy atom. The molecule has 120 valence electrons. The quantitative estimate of drug-likeness (QED) is 0.787. The van der Waals surface area contributed by atoms with Crippen LogP contribution in [0.1, 0.15) is 55.4 Å². The highest BCUT2D eigenvalue weighted by Crippen LogP contribution is 2.36. The highest BCUT2D eigenvalue weighted by molar-refractivity contribution is 6.74. The number of hydrogen-bond acceptors (Lipinski definition) is 3. The molecule has 0 aromatic rings. The smallest absolute Gasteiger partial charge is 0.408 e. The van der Waals surface area contributed by atoms with Crippen molar-refractivity contribution in [2.24, 2.45) is 0 Å². The molecule has 0 heterocycles. The Labute approximate surface area is 125 Å². The molecular formula is C15H33NO3Si. The lowest BCUT2D eigenvalue weighted by molar-refractivity contribution is 0.0436. The topological polar surface area (TPSA) is 47.6 Å². The first-order valence-electron chi connectivity index (χ1n) is 7.21. The molecular weight excluding hydrogens is 270 g/mol. The molecule has 0 radical (unpaired) electrons. The Morgan fingerprint density at radius 1 is 1.00 bits per heavy atom. The van der Waals surface area contributed by atoms with Gasteiger partial charge in [0.15, 0.2) is 8.32 Å². The van der Waals surface area contributed by atoms with Crippen molar-refractivity contribution in [2.75, 3.05) is 6.61 Å². The number of hydrogen-bond donors (Lipinski definition) is 1. The molecule has 0 bridgehead atoms. The van der Waals surface area contributed by atoms with Crippen molar-refractivity contribution in [1.29, 1.82) is 0 Å². The number of amides is 1. The predicted molar refractivity (Wildman–Crippen MR) is 86.6 cm³/mol. The van der Waals surface area contributed by atoms with Gasteiger partial charge in [-0.1, -0.05) is 20.8 Å². The van der Waals surface area contributed by atoms with Crippen LogP contribution in [0.5, 0.6) is 0 Å². The van der Waals surface area contributed by atoms with Gasteiger partial charge in [-0.25, -0.2) is 4.79 Å². The van der Waals surface area contributed by atoms with Gasteiger partial charge < -0.3 is 14.5 Å². The van der Waals surface area contributed by atoms with Crippen molar-refractivity contribution in [3.8, 4) is 0 Å². The van der Waals surface area contributed by atoms with Crippen LogP contribution in [-0.2, 0) is 9.16 Å². The molecule has 5 heteroatoms. The van der Waals surface area contributed by atoms with Gasteiger partial charge in [0.1, 0.15) is 5.60 Å². The normalized spacial score (nSPS) is 14.1. The molecule has 20 heavy (non-hydrogen) atoms. The summed E-state index contributed by atoms with van der Waals surface area (Å²) in [4.78, 5) is 11.8. The van der Waals surface area contributed by atoms with Crippen LogP contribution in [0.4, 0.5) is 4.79 Å². The maximum atomic E-state index is 11.8. The van der Waals surface area contributed by atoms with Gasteiger partial charge in [0.05, 0.1) is 12.1 Å². The SMILES string of the molecule is CC(C)(CO[Si](C)(C)C(C)(C)C)NC(=O)OC(C)(C)C. The Morgan fingerprint density at radius 2 is 1.45 bits per heavy atom. The molecule has 0 aromatic heterocycles. The molecule has 0 aliphatic rings. The average Bonchev–Trinajstić information content (AvgIpc) is 2.08. The average molecular weight is 304 g/mol. The monoisotopic (exact) mass is 303 g/mol. The molecule has 0 saturated carbocycles. The van der Waals surface area contributed by atoms with Crippen molar-refractivity contribution in [3.05, 3.63) is 0 Å². The third-order valence-electron chi connectivity index (χ3n) is 3.44. The van der Waals surface area contributed by atoms with Crippen LogP contribution < -0.4 is 5.32 Å².